The molecule has 0 amide bonds. The van der Waals surface area contributed by atoms with Crippen LogP contribution in [0.4, 0.5) is 0 Å². The molecule has 0 aromatic carbocycles. The highest BCUT2D eigenvalue weighted by atomic mass is 16.5. The van der Waals surface area contributed by atoms with Gasteiger partial charge in [0.1, 0.15) is 5.82 Å². The second-order valence-electron chi connectivity index (χ2n) is 5.13. The largest absolute Gasteiger partial charge is 0.385 e. The molecule has 2 aromatic rings. The third-order valence-corrected chi connectivity index (χ3v) is 3.72. The van der Waals surface area contributed by atoms with Gasteiger partial charge in [-0.25, -0.2) is 9.78 Å². The summed E-state index contributed by atoms with van der Waals surface area (Å²) in [4.78, 5) is 29.3. The molecule has 0 bridgehead atoms. The average molecular weight is 309 g/mol. The van der Waals surface area contributed by atoms with Crippen LogP contribution in [0, 0.1) is 0 Å². The summed E-state index contributed by atoms with van der Waals surface area (Å²) in [5.41, 5.74) is 5.85. The summed E-state index contributed by atoms with van der Waals surface area (Å²) in [6.45, 7) is 4.00. The molecule has 122 valence electrons. The van der Waals surface area contributed by atoms with E-state index in [0.29, 0.717) is 50.2 Å². The predicted molar refractivity (Wildman–Crippen MR) is 84.2 cm³/mol. The van der Waals surface area contributed by atoms with E-state index >= 15 is 0 Å². The number of ether oxygens (including phenoxy) is 1. The van der Waals surface area contributed by atoms with Crippen molar-refractivity contribution < 1.29 is 4.74 Å². The maximum Gasteiger partial charge on any atom is 0.332 e. The maximum absolute atomic E-state index is 12.5. The Kier molecular flexibility index (Phi) is 5.15. The number of methoxy groups -OCH3 is 1. The quantitative estimate of drug-likeness (QED) is 0.692. The smallest absolute Gasteiger partial charge is 0.332 e. The first kappa shape index (κ1) is 16.4. The van der Waals surface area contributed by atoms with E-state index in [1.807, 2.05) is 11.5 Å². The van der Waals surface area contributed by atoms with E-state index in [4.69, 9.17) is 10.5 Å². The van der Waals surface area contributed by atoms with Gasteiger partial charge in [-0.2, -0.15) is 0 Å². The molecule has 0 spiro atoms. The van der Waals surface area contributed by atoms with Crippen molar-refractivity contribution in [2.45, 2.75) is 32.9 Å². The lowest BCUT2D eigenvalue weighted by Crippen LogP contribution is -2.39. The van der Waals surface area contributed by atoms with Crippen molar-refractivity contribution in [2.75, 3.05) is 20.3 Å². The van der Waals surface area contributed by atoms with Crippen molar-refractivity contribution in [2.24, 2.45) is 12.8 Å². The average Bonchev–Trinajstić information content (AvgIpc) is 2.87. The summed E-state index contributed by atoms with van der Waals surface area (Å²) in [7, 11) is 3.11. The number of rotatable bonds is 7. The highest BCUT2D eigenvalue weighted by Crippen LogP contribution is 2.12. The lowest BCUT2D eigenvalue weighted by molar-refractivity contribution is 0.190. The molecule has 0 fully saturated rings. The Labute approximate surface area is 128 Å². The molecule has 22 heavy (non-hydrogen) atoms. The highest BCUT2D eigenvalue weighted by molar-refractivity contribution is 5.71. The van der Waals surface area contributed by atoms with E-state index in [2.05, 4.69) is 4.98 Å². The highest BCUT2D eigenvalue weighted by Gasteiger charge is 2.19. The van der Waals surface area contributed by atoms with Crippen molar-refractivity contribution in [3.05, 3.63) is 26.7 Å². The van der Waals surface area contributed by atoms with Crippen LogP contribution in [0.2, 0.25) is 0 Å². The molecule has 0 unspecified atom stereocenters. The summed E-state index contributed by atoms with van der Waals surface area (Å²) < 4.78 is 9.55. The van der Waals surface area contributed by atoms with Gasteiger partial charge in [0, 0.05) is 40.3 Å². The molecule has 0 atom stereocenters. The minimum absolute atomic E-state index is 0.319. The van der Waals surface area contributed by atoms with E-state index in [-0.39, 0.29) is 11.2 Å². The lowest BCUT2D eigenvalue weighted by Gasteiger charge is -2.09. The number of aromatic nitrogens is 4. The Balaban J connectivity index is 2.73. The molecule has 0 aliphatic rings. The van der Waals surface area contributed by atoms with Crippen LogP contribution in [0.3, 0.4) is 0 Å². The Morgan fingerprint density at radius 3 is 2.59 bits per heavy atom. The molecule has 2 rings (SSSR count). The van der Waals surface area contributed by atoms with E-state index < -0.39 is 0 Å². The summed E-state index contributed by atoms with van der Waals surface area (Å²) in [5.74, 6) is 0.739. The van der Waals surface area contributed by atoms with Crippen LogP contribution in [-0.2, 0) is 31.3 Å². The predicted octanol–water partition coefficient (Wildman–Crippen LogP) is -0.546. The van der Waals surface area contributed by atoms with Gasteiger partial charge in [0.2, 0.25) is 0 Å². The molecule has 0 aliphatic heterocycles. The van der Waals surface area contributed by atoms with Crippen molar-refractivity contribution in [1.29, 1.82) is 0 Å². The third-order valence-electron chi connectivity index (χ3n) is 3.72. The van der Waals surface area contributed by atoms with Gasteiger partial charge in [-0.05, 0) is 19.9 Å². The second kappa shape index (κ2) is 6.89. The van der Waals surface area contributed by atoms with Crippen LogP contribution in [0.15, 0.2) is 9.59 Å². The number of fused-ring (bicyclic) bond motifs is 1. The van der Waals surface area contributed by atoms with E-state index in [1.165, 1.54) is 7.05 Å². The normalized spacial score (nSPS) is 11.5. The first-order chi connectivity index (χ1) is 10.6. The van der Waals surface area contributed by atoms with Crippen LogP contribution < -0.4 is 17.0 Å². The van der Waals surface area contributed by atoms with Gasteiger partial charge in [0.15, 0.2) is 11.2 Å². The monoisotopic (exact) mass is 309 g/mol. The van der Waals surface area contributed by atoms with Crippen LogP contribution in [0.5, 0.6) is 0 Å². The topological polar surface area (TPSA) is 97.1 Å². The summed E-state index contributed by atoms with van der Waals surface area (Å²) >= 11 is 0. The standard InChI is InChI=1S/C14H23N5O3/c1-4-18-10(6-7-15)16-12-11(18)13(20)17(2)14(21)19(12)8-5-9-22-3/h4-9,15H2,1-3H3. The molecule has 8 nitrogen and oxygen atoms in total. The molecular formula is C14H23N5O3. The zero-order chi connectivity index (χ0) is 16.3. The van der Waals surface area contributed by atoms with Gasteiger partial charge in [-0.1, -0.05) is 0 Å². The maximum atomic E-state index is 12.5. The van der Waals surface area contributed by atoms with Crippen molar-refractivity contribution in [3.63, 3.8) is 0 Å². The first-order valence-corrected chi connectivity index (χ1v) is 7.44. The molecule has 8 heteroatoms. The lowest BCUT2D eigenvalue weighted by atomic mass is 10.4. The Morgan fingerprint density at radius 1 is 1.27 bits per heavy atom. The van der Waals surface area contributed by atoms with Gasteiger partial charge >= 0.3 is 5.69 Å². The summed E-state index contributed by atoms with van der Waals surface area (Å²) in [5, 5.41) is 0. The minimum Gasteiger partial charge on any atom is -0.385 e. The molecule has 0 saturated heterocycles. The van der Waals surface area contributed by atoms with Gasteiger partial charge in [-0.15, -0.1) is 0 Å². The summed E-state index contributed by atoms with van der Waals surface area (Å²) in [6.07, 6.45) is 1.24. The molecule has 2 N–H and O–H groups in total. The second-order valence-corrected chi connectivity index (χ2v) is 5.13. The van der Waals surface area contributed by atoms with E-state index in [9.17, 15) is 9.59 Å². The first-order valence-electron chi connectivity index (χ1n) is 7.44. The van der Waals surface area contributed by atoms with Crippen LogP contribution in [0.1, 0.15) is 19.2 Å². The Morgan fingerprint density at radius 2 is 2.00 bits per heavy atom. The minimum atomic E-state index is -0.353. The van der Waals surface area contributed by atoms with Gasteiger partial charge in [-0.3, -0.25) is 13.9 Å². The fourth-order valence-electron chi connectivity index (χ4n) is 2.63. The van der Waals surface area contributed by atoms with Gasteiger partial charge < -0.3 is 15.0 Å². The van der Waals surface area contributed by atoms with Gasteiger partial charge in [0.05, 0.1) is 0 Å². The molecule has 2 heterocycles. The molecule has 2 aromatic heterocycles. The van der Waals surface area contributed by atoms with Crippen LogP contribution in [0.25, 0.3) is 11.2 Å². The number of nitrogens with two attached hydrogens (primary N) is 1. The molecule has 0 aliphatic carbocycles. The van der Waals surface area contributed by atoms with Crippen molar-refractivity contribution in [3.8, 4) is 0 Å². The SMILES string of the molecule is CCn1c(CCN)nc2c1c(=O)n(C)c(=O)n2CCCOC. The van der Waals surface area contributed by atoms with Crippen molar-refractivity contribution >= 4 is 11.2 Å². The number of aryl methyl sites for hydroxylation is 2. The summed E-state index contributed by atoms with van der Waals surface area (Å²) in [6, 6.07) is 0. The molecule has 0 radical (unpaired) electrons. The van der Waals surface area contributed by atoms with Crippen LogP contribution in [-0.4, -0.2) is 38.9 Å². The van der Waals surface area contributed by atoms with Crippen molar-refractivity contribution in [1.82, 2.24) is 18.7 Å². The third kappa shape index (κ3) is 2.71. The van der Waals surface area contributed by atoms with Gasteiger partial charge in [0.25, 0.3) is 5.56 Å². The Bertz CT molecular complexity index is 771. The fourth-order valence-corrected chi connectivity index (χ4v) is 2.63. The Hall–Kier alpha value is -1.93. The number of hydrogen-bond donors (Lipinski definition) is 1. The molecule has 0 saturated carbocycles. The zero-order valence-electron chi connectivity index (χ0n) is 13.3. The fraction of sp³-hybridized carbons (Fsp3) is 0.643. The number of imidazole rings is 1. The number of hydrogen-bond acceptors (Lipinski definition) is 5. The number of nitrogens with zero attached hydrogens (tertiary/aromatic N) is 4. The van der Waals surface area contributed by atoms with Crippen LogP contribution >= 0.6 is 0 Å². The van der Waals surface area contributed by atoms with E-state index in [0.717, 1.165) is 10.4 Å². The zero-order valence-corrected chi connectivity index (χ0v) is 13.3. The van der Waals surface area contributed by atoms with E-state index in [1.54, 1.807) is 11.7 Å². The molecular weight excluding hydrogens is 286 g/mol.